The number of rotatable bonds is 7. The maximum Gasteiger partial charge on any atom is 0.410 e. The van der Waals surface area contributed by atoms with Crippen molar-refractivity contribution in [2.75, 3.05) is 31.1 Å². The van der Waals surface area contributed by atoms with Crippen LogP contribution >= 0.6 is 11.8 Å². The van der Waals surface area contributed by atoms with Gasteiger partial charge in [-0.1, -0.05) is 0 Å². The topological polar surface area (TPSA) is 41.6 Å². The summed E-state index contributed by atoms with van der Waals surface area (Å²) in [6, 6.07) is 0.422. The summed E-state index contributed by atoms with van der Waals surface area (Å²) in [7, 11) is 0. The molecule has 4 nitrogen and oxygen atoms in total. The molecule has 2 rings (SSSR count). The van der Waals surface area contributed by atoms with E-state index < -0.39 is 5.60 Å². The summed E-state index contributed by atoms with van der Waals surface area (Å²) in [6.07, 6.45) is 4.48. The van der Waals surface area contributed by atoms with Gasteiger partial charge in [0.2, 0.25) is 0 Å². The Morgan fingerprint density at radius 2 is 2.10 bits per heavy atom. The standard InChI is InChI=1S/C16H30N2O2S/c1-16(2,3)20-15(19)18(14-5-6-14)9-4-8-17-11-13-7-10-21-12-13/h13-14,17H,4-12H2,1-3H3. The normalized spacial score (nSPS) is 22.3. The summed E-state index contributed by atoms with van der Waals surface area (Å²) in [5.41, 5.74) is -0.400. The van der Waals surface area contributed by atoms with E-state index in [9.17, 15) is 4.79 Å². The fourth-order valence-corrected chi connectivity index (χ4v) is 3.84. The largest absolute Gasteiger partial charge is 0.444 e. The van der Waals surface area contributed by atoms with Crippen molar-refractivity contribution in [1.29, 1.82) is 0 Å². The predicted molar refractivity (Wildman–Crippen MR) is 88.9 cm³/mol. The molecule has 1 amide bonds. The molecule has 1 saturated heterocycles. The number of carbonyl (C=O) groups is 1. The summed E-state index contributed by atoms with van der Waals surface area (Å²) in [4.78, 5) is 14.1. The van der Waals surface area contributed by atoms with Gasteiger partial charge >= 0.3 is 6.09 Å². The van der Waals surface area contributed by atoms with Gasteiger partial charge in [-0.2, -0.15) is 11.8 Å². The number of amides is 1. The average molecular weight is 314 g/mol. The Labute approximate surface area is 133 Å². The van der Waals surface area contributed by atoms with Gasteiger partial charge < -0.3 is 15.0 Å². The van der Waals surface area contributed by atoms with Gasteiger partial charge in [0.15, 0.2) is 0 Å². The van der Waals surface area contributed by atoms with E-state index in [1.165, 1.54) is 17.9 Å². The third kappa shape index (κ3) is 6.47. The highest BCUT2D eigenvalue weighted by Gasteiger charge is 2.34. The molecule has 2 fully saturated rings. The number of hydrogen-bond donors (Lipinski definition) is 1. The van der Waals surface area contributed by atoms with E-state index in [0.717, 1.165) is 44.8 Å². The third-order valence-corrected chi connectivity index (χ3v) is 5.06. The van der Waals surface area contributed by atoms with E-state index in [-0.39, 0.29) is 6.09 Å². The highest BCUT2D eigenvalue weighted by Crippen LogP contribution is 2.28. The van der Waals surface area contributed by atoms with E-state index in [1.807, 2.05) is 25.7 Å². The van der Waals surface area contributed by atoms with E-state index in [4.69, 9.17) is 4.74 Å². The highest BCUT2D eigenvalue weighted by atomic mass is 32.2. The van der Waals surface area contributed by atoms with Crippen LogP contribution in [0, 0.1) is 5.92 Å². The van der Waals surface area contributed by atoms with Crippen LogP contribution in [0.2, 0.25) is 0 Å². The lowest BCUT2D eigenvalue weighted by molar-refractivity contribution is 0.0232. The number of carbonyl (C=O) groups excluding carboxylic acids is 1. The summed E-state index contributed by atoms with van der Waals surface area (Å²) < 4.78 is 5.50. The SMILES string of the molecule is CC(C)(C)OC(=O)N(CCCNCC1CCSC1)C1CC1. The summed E-state index contributed by atoms with van der Waals surface area (Å²) in [6.45, 7) is 8.72. The molecule has 1 saturated carbocycles. The van der Waals surface area contributed by atoms with Gasteiger partial charge in [-0.3, -0.25) is 0 Å². The molecule has 2 aliphatic rings. The first-order valence-corrected chi connectivity index (χ1v) is 9.39. The first-order valence-electron chi connectivity index (χ1n) is 8.24. The lowest BCUT2D eigenvalue weighted by atomic mass is 10.1. The van der Waals surface area contributed by atoms with E-state index >= 15 is 0 Å². The Hall–Kier alpha value is -0.420. The average Bonchev–Trinajstić information content (AvgIpc) is 3.07. The third-order valence-electron chi connectivity index (χ3n) is 3.83. The minimum atomic E-state index is -0.400. The smallest absolute Gasteiger partial charge is 0.410 e. The summed E-state index contributed by atoms with van der Waals surface area (Å²) in [5.74, 6) is 3.47. The van der Waals surface area contributed by atoms with E-state index in [1.54, 1.807) is 0 Å². The molecule has 5 heteroatoms. The molecule has 1 heterocycles. The van der Waals surface area contributed by atoms with Crippen molar-refractivity contribution in [3.63, 3.8) is 0 Å². The van der Waals surface area contributed by atoms with Crippen LogP contribution < -0.4 is 5.32 Å². The van der Waals surface area contributed by atoms with Crippen LogP contribution in [0.3, 0.4) is 0 Å². The molecule has 0 radical (unpaired) electrons. The molecule has 1 unspecified atom stereocenters. The molecular weight excluding hydrogens is 284 g/mol. The summed E-state index contributed by atoms with van der Waals surface area (Å²) >= 11 is 2.06. The Balaban J connectivity index is 1.62. The van der Waals surface area contributed by atoms with Crippen molar-refractivity contribution in [2.45, 2.75) is 58.1 Å². The number of hydrogen-bond acceptors (Lipinski definition) is 4. The molecule has 1 atom stereocenters. The Bertz CT molecular complexity index is 334. The molecule has 21 heavy (non-hydrogen) atoms. The highest BCUT2D eigenvalue weighted by molar-refractivity contribution is 7.99. The second-order valence-electron chi connectivity index (χ2n) is 7.19. The molecular formula is C16H30N2O2S. The van der Waals surface area contributed by atoms with Gasteiger partial charge in [0, 0.05) is 12.6 Å². The first-order chi connectivity index (χ1) is 9.96. The number of nitrogens with one attached hydrogen (secondary N) is 1. The van der Waals surface area contributed by atoms with Crippen LogP contribution in [0.25, 0.3) is 0 Å². The molecule has 0 aromatic rings. The molecule has 1 N–H and O–H groups in total. The fraction of sp³-hybridized carbons (Fsp3) is 0.938. The lowest BCUT2D eigenvalue weighted by Gasteiger charge is -2.27. The summed E-state index contributed by atoms with van der Waals surface area (Å²) in [5, 5.41) is 3.54. The zero-order valence-electron chi connectivity index (χ0n) is 13.7. The van der Waals surface area contributed by atoms with Crippen molar-refractivity contribution in [2.24, 2.45) is 5.92 Å². The van der Waals surface area contributed by atoms with E-state index in [2.05, 4.69) is 17.1 Å². The van der Waals surface area contributed by atoms with Gasteiger partial charge in [-0.15, -0.1) is 0 Å². The number of nitrogens with zero attached hydrogens (tertiary/aromatic N) is 1. The van der Waals surface area contributed by atoms with Gasteiger partial charge in [0.05, 0.1) is 0 Å². The predicted octanol–water partition coefficient (Wildman–Crippen LogP) is 3.12. The zero-order chi connectivity index (χ0) is 15.3. The molecule has 122 valence electrons. The molecule has 0 aromatic carbocycles. The van der Waals surface area contributed by atoms with Gasteiger partial charge in [-0.25, -0.2) is 4.79 Å². The van der Waals surface area contributed by atoms with Crippen molar-refractivity contribution in [3.8, 4) is 0 Å². The van der Waals surface area contributed by atoms with Gasteiger partial charge in [0.1, 0.15) is 5.60 Å². The number of thioether (sulfide) groups is 1. The maximum atomic E-state index is 12.2. The minimum Gasteiger partial charge on any atom is -0.444 e. The molecule has 1 aliphatic carbocycles. The van der Waals surface area contributed by atoms with Crippen LogP contribution in [-0.4, -0.2) is 53.8 Å². The quantitative estimate of drug-likeness (QED) is 0.733. The van der Waals surface area contributed by atoms with Gasteiger partial charge in [0.25, 0.3) is 0 Å². The molecule has 0 aromatic heterocycles. The van der Waals surface area contributed by atoms with Crippen molar-refractivity contribution >= 4 is 17.9 Å². The molecule has 0 bridgehead atoms. The zero-order valence-corrected chi connectivity index (χ0v) is 14.5. The van der Waals surface area contributed by atoms with Crippen LogP contribution in [0.5, 0.6) is 0 Å². The second kappa shape index (κ2) is 7.73. The number of ether oxygens (including phenoxy) is 1. The van der Waals surface area contributed by atoms with E-state index in [0.29, 0.717) is 6.04 Å². The van der Waals surface area contributed by atoms with Crippen LogP contribution in [0.4, 0.5) is 4.79 Å². The second-order valence-corrected chi connectivity index (χ2v) is 8.34. The first kappa shape index (κ1) is 16.9. The van der Waals surface area contributed by atoms with Gasteiger partial charge in [-0.05, 0) is 77.0 Å². The monoisotopic (exact) mass is 314 g/mol. The van der Waals surface area contributed by atoms with Crippen LogP contribution in [-0.2, 0) is 4.74 Å². The van der Waals surface area contributed by atoms with Crippen molar-refractivity contribution in [3.05, 3.63) is 0 Å². The Kier molecular flexibility index (Phi) is 6.23. The Morgan fingerprint density at radius 3 is 2.67 bits per heavy atom. The molecule has 0 spiro atoms. The minimum absolute atomic E-state index is 0.141. The maximum absolute atomic E-state index is 12.2. The van der Waals surface area contributed by atoms with Crippen LogP contribution in [0.1, 0.15) is 46.5 Å². The Morgan fingerprint density at radius 1 is 1.33 bits per heavy atom. The van der Waals surface area contributed by atoms with Crippen molar-refractivity contribution < 1.29 is 9.53 Å². The van der Waals surface area contributed by atoms with Crippen LogP contribution in [0.15, 0.2) is 0 Å². The van der Waals surface area contributed by atoms with Crippen molar-refractivity contribution in [1.82, 2.24) is 10.2 Å². The fourth-order valence-electron chi connectivity index (χ4n) is 2.55. The molecule has 1 aliphatic heterocycles. The lowest BCUT2D eigenvalue weighted by Crippen LogP contribution is -2.39.